The fourth-order valence-electron chi connectivity index (χ4n) is 2.47. The number of carbonyl (C=O) groups is 1. The van der Waals surface area contributed by atoms with Crippen molar-refractivity contribution in [3.63, 3.8) is 0 Å². The van der Waals surface area contributed by atoms with Gasteiger partial charge in [0.15, 0.2) is 5.78 Å². The number of hydrogen-bond donors (Lipinski definition) is 0. The first-order valence-electron chi connectivity index (χ1n) is 6.56. The summed E-state index contributed by atoms with van der Waals surface area (Å²) in [6.45, 7) is 1.99. The molecule has 3 aromatic rings. The minimum absolute atomic E-state index is 0.132. The van der Waals surface area contributed by atoms with E-state index in [4.69, 9.17) is 11.6 Å². The number of fused-ring (bicyclic) bond motifs is 1. The first-order chi connectivity index (χ1) is 10.1. The molecule has 3 aromatic carbocycles. The Kier molecular flexibility index (Phi) is 3.48. The Morgan fingerprint density at radius 3 is 2.38 bits per heavy atom. The van der Waals surface area contributed by atoms with Crippen molar-refractivity contribution < 1.29 is 9.18 Å². The molecular formula is C18H12ClFO. The molecule has 0 fully saturated rings. The van der Waals surface area contributed by atoms with Gasteiger partial charge in [0, 0.05) is 11.1 Å². The van der Waals surface area contributed by atoms with Gasteiger partial charge in [-0.3, -0.25) is 4.79 Å². The van der Waals surface area contributed by atoms with E-state index >= 15 is 0 Å². The van der Waals surface area contributed by atoms with Crippen LogP contribution in [0.1, 0.15) is 21.5 Å². The zero-order valence-corrected chi connectivity index (χ0v) is 12.1. The standard InChI is InChI=1S/C18H12ClFO/c1-11-9-10-14(13-6-3-2-5-12(11)13)18(21)15-7-4-8-16(20)17(15)19/h2-10H,1H3. The fourth-order valence-corrected chi connectivity index (χ4v) is 2.68. The van der Waals surface area contributed by atoms with E-state index in [-0.39, 0.29) is 16.4 Å². The van der Waals surface area contributed by atoms with Gasteiger partial charge in [0.1, 0.15) is 5.82 Å². The Morgan fingerprint density at radius 2 is 1.62 bits per heavy atom. The van der Waals surface area contributed by atoms with Gasteiger partial charge in [-0.25, -0.2) is 4.39 Å². The summed E-state index contributed by atoms with van der Waals surface area (Å²) in [6, 6.07) is 15.6. The zero-order chi connectivity index (χ0) is 15.0. The maximum absolute atomic E-state index is 13.5. The molecule has 0 N–H and O–H groups in total. The van der Waals surface area contributed by atoms with Crippen LogP contribution in [0.5, 0.6) is 0 Å². The van der Waals surface area contributed by atoms with Crippen molar-refractivity contribution in [2.75, 3.05) is 0 Å². The lowest BCUT2D eigenvalue weighted by Crippen LogP contribution is -2.04. The third-order valence-electron chi connectivity index (χ3n) is 3.58. The van der Waals surface area contributed by atoms with Gasteiger partial charge in [0.05, 0.1) is 5.02 Å². The number of aryl methyl sites for hydroxylation is 1. The van der Waals surface area contributed by atoms with Gasteiger partial charge in [0.25, 0.3) is 0 Å². The number of rotatable bonds is 2. The van der Waals surface area contributed by atoms with Gasteiger partial charge in [-0.1, -0.05) is 54.1 Å². The Bertz CT molecular complexity index is 855. The summed E-state index contributed by atoms with van der Waals surface area (Å²) in [6.07, 6.45) is 0. The lowest BCUT2D eigenvalue weighted by atomic mass is 9.95. The van der Waals surface area contributed by atoms with E-state index in [9.17, 15) is 9.18 Å². The molecule has 0 aliphatic rings. The lowest BCUT2D eigenvalue weighted by Gasteiger charge is -2.09. The molecule has 0 aliphatic carbocycles. The largest absolute Gasteiger partial charge is 0.289 e. The third-order valence-corrected chi connectivity index (χ3v) is 3.97. The second kappa shape index (κ2) is 5.30. The van der Waals surface area contributed by atoms with Crippen LogP contribution in [0.25, 0.3) is 10.8 Å². The number of ketones is 1. The summed E-state index contributed by atoms with van der Waals surface area (Å²) in [5, 5.41) is 1.73. The van der Waals surface area contributed by atoms with Gasteiger partial charge in [-0.15, -0.1) is 0 Å². The lowest BCUT2D eigenvalue weighted by molar-refractivity contribution is 0.104. The Labute approximate surface area is 127 Å². The molecule has 0 unspecified atom stereocenters. The van der Waals surface area contributed by atoms with Crippen LogP contribution in [0, 0.1) is 12.7 Å². The highest BCUT2D eigenvalue weighted by molar-refractivity contribution is 6.35. The van der Waals surface area contributed by atoms with Crippen LogP contribution in [0.2, 0.25) is 5.02 Å². The Morgan fingerprint density at radius 1 is 0.905 bits per heavy atom. The summed E-state index contributed by atoms with van der Waals surface area (Å²) >= 11 is 5.92. The molecule has 0 aliphatic heterocycles. The molecule has 0 saturated heterocycles. The second-order valence-electron chi connectivity index (χ2n) is 4.91. The zero-order valence-electron chi connectivity index (χ0n) is 11.4. The van der Waals surface area contributed by atoms with Crippen LogP contribution in [0.3, 0.4) is 0 Å². The molecule has 0 radical (unpaired) electrons. The topological polar surface area (TPSA) is 17.1 Å². The fraction of sp³-hybridized carbons (Fsp3) is 0.0556. The molecule has 0 bridgehead atoms. The molecule has 0 amide bonds. The number of hydrogen-bond acceptors (Lipinski definition) is 1. The van der Waals surface area contributed by atoms with Gasteiger partial charge in [-0.05, 0) is 35.4 Å². The molecular weight excluding hydrogens is 287 g/mol. The van der Waals surface area contributed by atoms with E-state index in [0.717, 1.165) is 16.3 Å². The van der Waals surface area contributed by atoms with Gasteiger partial charge >= 0.3 is 0 Å². The first-order valence-corrected chi connectivity index (χ1v) is 6.94. The summed E-state index contributed by atoms with van der Waals surface area (Å²) in [5.74, 6) is -0.852. The smallest absolute Gasteiger partial charge is 0.195 e. The van der Waals surface area contributed by atoms with E-state index in [1.807, 2.05) is 37.3 Å². The van der Waals surface area contributed by atoms with Gasteiger partial charge in [0.2, 0.25) is 0 Å². The van der Waals surface area contributed by atoms with Gasteiger partial charge in [-0.2, -0.15) is 0 Å². The minimum atomic E-state index is -0.584. The van der Waals surface area contributed by atoms with Crippen LogP contribution in [-0.2, 0) is 0 Å². The predicted octanol–water partition coefficient (Wildman–Crippen LogP) is 5.17. The summed E-state index contributed by atoms with van der Waals surface area (Å²) in [5.41, 5.74) is 1.81. The van der Waals surface area contributed by atoms with Crippen LogP contribution in [-0.4, -0.2) is 5.78 Å². The highest BCUT2D eigenvalue weighted by Crippen LogP contribution is 2.27. The van der Waals surface area contributed by atoms with Crippen molar-refractivity contribution in [1.29, 1.82) is 0 Å². The normalized spacial score (nSPS) is 10.8. The molecule has 1 nitrogen and oxygen atoms in total. The molecule has 0 saturated carbocycles. The molecule has 0 spiro atoms. The van der Waals surface area contributed by atoms with Crippen LogP contribution < -0.4 is 0 Å². The van der Waals surface area contributed by atoms with E-state index in [0.29, 0.717) is 5.56 Å². The van der Waals surface area contributed by atoms with Crippen molar-refractivity contribution in [2.24, 2.45) is 0 Å². The summed E-state index contributed by atoms with van der Waals surface area (Å²) in [7, 11) is 0. The van der Waals surface area contributed by atoms with Crippen LogP contribution in [0.15, 0.2) is 54.6 Å². The summed E-state index contributed by atoms with van der Waals surface area (Å²) in [4.78, 5) is 12.7. The second-order valence-corrected chi connectivity index (χ2v) is 5.28. The Balaban J connectivity index is 2.23. The van der Waals surface area contributed by atoms with Crippen molar-refractivity contribution in [2.45, 2.75) is 6.92 Å². The number of benzene rings is 3. The molecule has 104 valence electrons. The minimum Gasteiger partial charge on any atom is -0.289 e. The van der Waals surface area contributed by atoms with Crippen molar-refractivity contribution in [1.82, 2.24) is 0 Å². The van der Waals surface area contributed by atoms with Crippen molar-refractivity contribution in [3.8, 4) is 0 Å². The highest BCUT2D eigenvalue weighted by Gasteiger charge is 2.17. The van der Waals surface area contributed by atoms with E-state index in [1.54, 1.807) is 12.1 Å². The number of halogens is 2. The monoisotopic (exact) mass is 298 g/mol. The average Bonchev–Trinajstić information content (AvgIpc) is 2.50. The molecule has 0 heterocycles. The maximum Gasteiger partial charge on any atom is 0.195 e. The van der Waals surface area contributed by atoms with E-state index < -0.39 is 5.82 Å². The number of carbonyl (C=O) groups excluding carboxylic acids is 1. The first kappa shape index (κ1) is 13.8. The summed E-state index contributed by atoms with van der Waals surface area (Å²) < 4.78 is 13.5. The maximum atomic E-state index is 13.5. The van der Waals surface area contributed by atoms with Crippen LogP contribution >= 0.6 is 11.6 Å². The SMILES string of the molecule is Cc1ccc(C(=O)c2cccc(F)c2Cl)c2ccccc12. The third kappa shape index (κ3) is 2.32. The van der Waals surface area contributed by atoms with Crippen molar-refractivity contribution in [3.05, 3.63) is 82.1 Å². The molecule has 3 rings (SSSR count). The molecule has 21 heavy (non-hydrogen) atoms. The van der Waals surface area contributed by atoms with Gasteiger partial charge < -0.3 is 0 Å². The molecule has 0 atom stereocenters. The molecule has 3 heteroatoms. The Hall–Kier alpha value is -2.19. The van der Waals surface area contributed by atoms with Crippen LogP contribution in [0.4, 0.5) is 4.39 Å². The molecule has 0 aromatic heterocycles. The highest BCUT2D eigenvalue weighted by atomic mass is 35.5. The predicted molar refractivity (Wildman–Crippen MR) is 83.5 cm³/mol. The van der Waals surface area contributed by atoms with Crippen molar-refractivity contribution >= 4 is 28.2 Å². The average molecular weight is 299 g/mol. The van der Waals surface area contributed by atoms with E-state index in [1.165, 1.54) is 12.1 Å². The quantitative estimate of drug-likeness (QED) is 0.596. The van der Waals surface area contributed by atoms with E-state index in [2.05, 4.69) is 0 Å².